The second kappa shape index (κ2) is 6.21. The maximum absolute atomic E-state index is 9.34. The van der Waals surface area contributed by atoms with E-state index in [0.29, 0.717) is 22.8 Å². The van der Waals surface area contributed by atoms with Crippen LogP contribution in [0.3, 0.4) is 0 Å². The maximum atomic E-state index is 9.34. The third kappa shape index (κ3) is 4.02. The predicted molar refractivity (Wildman–Crippen MR) is 89.2 cm³/mol. The van der Waals surface area contributed by atoms with Crippen molar-refractivity contribution in [2.75, 3.05) is 0 Å². The molecule has 120 valence electrons. The summed E-state index contributed by atoms with van der Waals surface area (Å²) in [7, 11) is 0. The van der Waals surface area contributed by atoms with E-state index in [2.05, 4.69) is 26.0 Å². The molecule has 0 N–H and O–H groups in total. The van der Waals surface area contributed by atoms with Crippen LogP contribution >= 0.6 is 11.6 Å². The zero-order valence-electron chi connectivity index (χ0n) is 14.1. The molecular formula is C17H20ClN5. The third-order valence-corrected chi connectivity index (χ3v) is 3.69. The zero-order chi connectivity index (χ0) is 17.3. The average molecular weight is 330 g/mol. The first-order valence-electron chi connectivity index (χ1n) is 7.38. The summed E-state index contributed by atoms with van der Waals surface area (Å²) in [6.07, 6.45) is 5.31. The van der Waals surface area contributed by atoms with E-state index in [1.165, 1.54) is 0 Å². The Labute approximate surface area is 141 Å². The van der Waals surface area contributed by atoms with Crippen molar-refractivity contribution in [3.05, 3.63) is 46.5 Å². The van der Waals surface area contributed by atoms with Gasteiger partial charge in [-0.1, -0.05) is 46.2 Å². The first-order chi connectivity index (χ1) is 10.6. The Hall–Kier alpha value is -2.06. The molecule has 0 unspecified atom stereocenters. The topological polar surface area (TPSA) is 75.3 Å². The zero-order valence-corrected chi connectivity index (χ0v) is 14.8. The fourth-order valence-electron chi connectivity index (χ4n) is 2.17. The summed E-state index contributed by atoms with van der Waals surface area (Å²) >= 11 is 5.85. The van der Waals surface area contributed by atoms with E-state index in [4.69, 9.17) is 11.6 Å². The lowest BCUT2D eigenvalue weighted by Gasteiger charge is -2.24. The first-order valence-corrected chi connectivity index (χ1v) is 7.76. The molecule has 0 radical (unpaired) electrons. The van der Waals surface area contributed by atoms with Crippen molar-refractivity contribution in [3.8, 4) is 6.07 Å². The summed E-state index contributed by atoms with van der Waals surface area (Å²) in [5.41, 5.74) is 0.652. The summed E-state index contributed by atoms with van der Waals surface area (Å²) in [6.45, 7) is 10.2. The smallest absolute Gasteiger partial charge is 0.134 e. The summed E-state index contributed by atoms with van der Waals surface area (Å²) in [5.74, 6) is 1.39. The molecule has 0 atom stereocenters. The minimum absolute atomic E-state index is 0.177. The Kier molecular flexibility index (Phi) is 4.67. The van der Waals surface area contributed by atoms with Gasteiger partial charge in [0, 0.05) is 35.8 Å². The van der Waals surface area contributed by atoms with E-state index >= 15 is 0 Å². The molecule has 5 nitrogen and oxygen atoms in total. The Bertz CT molecular complexity index is 739. The summed E-state index contributed by atoms with van der Waals surface area (Å²) in [6, 6.07) is 2.17. The van der Waals surface area contributed by atoms with Gasteiger partial charge in [0.05, 0.1) is 16.3 Å². The molecule has 0 aliphatic carbocycles. The molecule has 0 saturated carbocycles. The lowest BCUT2D eigenvalue weighted by atomic mass is 9.85. The van der Waals surface area contributed by atoms with Crippen molar-refractivity contribution in [2.45, 2.75) is 51.9 Å². The lowest BCUT2D eigenvalue weighted by molar-refractivity contribution is 0.472. The van der Waals surface area contributed by atoms with E-state index in [9.17, 15) is 5.26 Å². The standard InChI is InChI=1S/C17H20ClN5/c1-16(2,3)14-20-8-11(7-19)13(23-14)6-17(4,5)15-21-9-12(18)10-22-15/h8-10H,6H2,1-5H3. The number of halogens is 1. The van der Waals surface area contributed by atoms with Gasteiger partial charge in [0.15, 0.2) is 0 Å². The highest BCUT2D eigenvalue weighted by atomic mass is 35.5. The molecular weight excluding hydrogens is 310 g/mol. The average Bonchev–Trinajstić information content (AvgIpc) is 2.46. The number of aromatic nitrogens is 4. The Morgan fingerprint density at radius 1 is 1.00 bits per heavy atom. The molecule has 0 amide bonds. The van der Waals surface area contributed by atoms with Crippen molar-refractivity contribution < 1.29 is 0 Å². The normalized spacial score (nSPS) is 12.0. The van der Waals surface area contributed by atoms with Crippen LogP contribution in [0, 0.1) is 11.3 Å². The van der Waals surface area contributed by atoms with Crippen LogP contribution < -0.4 is 0 Å². The number of hydrogen-bond donors (Lipinski definition) is 0. The summed E-state index contributed by atoms with van der Waals surface area (Å²) in [5, 5.41) is 9.84. The number of nitriles is 1. The summed E-state index contributed by atoms with van der Waals surface area (Å²) in [4.78, 5) is 17.5. The highest BCUT2D eigenvalue weighted by Gasteiger charge is 2.28. The monoisotopic (exact) mass is 329 g/mol. The van der Waals surface area contributed by atoms with Crippen LogP contribution in [-0.2, 0) is 17.3 Å². The van der Waals surface area contributed by atoms with Crippen LogP contribution in [0.1, 0.15) is 57.5 Å². The number of rotatable bonds is 3. The Morgan fingerprint density at radius 2 is 1.57 bits per heavy atom. The van der Waals surface area contributed by atoms with E-state index in [1.54, 1.807) is 18.6 Å². The van der Waals surface area contributed by atoms with Crippen LogP contribution in [0.2, 0.25) is 5.02 Å². The van der Waals surface area contributed by atoms with Gasteiger partial charge in [-0.3, -0.25) is 0 Å². The largest absolute Gasteiger partial charge is 0.239 e. The van der Waals surface area contributed by atoms with Gasteiger partial charge in [-0.25, -0.2) is 19.9 Å². The van der Waals surface area contributed by atoms with Gasteiger partial charge in [0.1, 0.15) is 17.7 Å². The highest BCUT2D eigenvalue weighted by molar-refractivity contribution is 6.30. The van der Waals surface area contributed by atoms with Gasteiger partial charge < -0.3 is 0 Å². The first kappa shape index (κ1) is 17.3. The lowest BCUT2D eigenvalue weighted by Crippen LogP contribution is -2.26. The van der Waals surface area contributed by atoms with Crippen molar-refractivity contribution in [1.82, 2.24) is 19.9 Å². The fraction of sp³-hybridized carbons (Fsp3) is 0.471. The molecule has 2 aromatic rings. The SMILES string of the molecule is CC(C)(C)c1ncc(C#N)c(CC(C)(C)c2ncc(Cl)cn2)n1. The maximum Gasteiger partial charge on any atom is 0.134 e. The van der Waals surface area contributed by atoms with E-state index < -0.39 is 0 Å². The predicted octanol–water partition coefficient (Wildman–Crippen LogP) is 3.61. The summed E-state index contributed by atoms with van der Waals surface area (Å²) < 4.78 is 0. The molecule has 2 aromatic heterocycles. The van der Waals surface area contributed by atoms with Gasteiger partial charge >= 0.3 is 0 Å². The molecule has 0 aliphatic rings. The Morgan fingerprint density at radius 3 is 2.09 bits per heavy atom. The molecule has 2 heterocycles. The molecule has 0 saturated heterocycles. The molecule has 0 spiro atoms. The van der Waals surface area contributed by atoms with Crippen molar-refractivity contribution in [3.63, 3.8) is 0 Å². The molecule has 0 aromatic carbocycles. The second-order valence-corrected chi connectivity index (χ2v) is 7.64. The minimum atomic E-state index is -0.375. The number of hydrogen-bond acceptors (Lipinski definition) is 5. The minimum Gasteiger partial charge on any atom is -0.239 e. The van der Waals surface area contributed by atoms with Gasteiger partial charge in [-0.15, -0.1) is 0 Å². The van der Waals surface area contributed by atoms with Crippen molar-refractivity contribution in [1.29, 1.82) is 5.26 Å². The molecule has 2 rings (SSSR count). The number of nitrogens with zero attached hydrogens (tertiary/aromatic N) is 5. The van der Waals surface area contributed by atoms with Gasteiger partial charge in [-0.2, -0.15) is 5.26 Å². The van der Waals surface area contributed by atoms with Crippen LogP contribution in [-0.4, -0.2) is 19.9 Å². The molecule has 6 heteroatoms. The van der Waals surface area contributed by atoms with Gasteiger partial charge in [0.2, 0.25) is 0 Å². The van der Waals surface area contributed by atoms with Crippen molar-refractivity contribution in [2.24, 2.45) is 0 Å². The van der Waals surface area contributed by atoms with E-state index in [0.717, 1.165) is 11.5 Å². The van der Waals surface area contributed by atoms with E-state index in [1.807, 2.05) is 34.6 Å². The fourth-order valence-corrected chi connectivity index (χ4v) is 2.26. The second-order valence-electron chi connectivity index (χ2n) is 7.20. The molecule has 0 aliphatic heterocycles. The van der Waals surface area contributed by atoms with Crippen LogP contribution in [0.5, 0.6) is 0 Å². The van der Waals surface area contributed by atoms with E-state index in [-0.39, 0.29) is 10.8 Å². The van der Waals surface area contributed by atoms with Crippen LogP contribution in [0.25, 0.3) is 0 Å². The molecule has 0 fully saturated rings. The van der Waals surface area contributed by atoms with Crippen LogP contribution in [0.15, 0.2) is 18.6 Å². The van der Waals surface area contributed by atoms with Crippen LogP contribution in [0.4, 0.5) is 0 Å². The molecule has 0 bridgehead atoms. The molecule has 23 heavy (non-hydrogen) atoms. The Balaban J connectivity index is 2.41. The van der Waals surface area contributed by atoms with Crippen molar-refractivity contribution >= 4 is 11.6 Å². The quantitative estimate of drug-likeness (QED) is 0.859. The van der Waals surface area contributed by atoms with Gasteiger partial charge in [0.25, 0.3) is 0 Å². The highest BCUT2D eigenvalue weighted by Crippen LogP contribution is 2.27. The third-order valence-electron chi connectivity index (χ3n) is 3.49. The van der Waals surface area contributed by atoms with Gasteiger partial charge in [-0.05, 0) is 0 Å².